The Hall–Kier alpha value is -2.78. The number of amides is 2. The average Bonchev–Trinajstić information content (AvgIpc) is 2.66. The van der Waals surface area contributed by atoms with Gasteiger partial charge in [0.2, 0.25) is 21.8 Å². The third kappa shape index (κ3) is 4.52. The molecule has 1 atom stereocenters. The van der Waals surface area contributed by atoms with Gasteiger partial charge in [-0.2, -0.15) is 4.31 Å². The summed E-state index contributed by atoms with van der Waals surface area (Å²) >= 11 is 0. The molecule has 7 nitrogen and oxygen atoms in total. The van der Waals surface area contributed by atoms with Gasteiger partial charge in [0, 0.05) is 18.8 Å². The number of nitrogens with zero attached hydrogens (tertiary/aromatic N) is 2. The van der Waals surface area contributed by atoms with Crippen LogP contribution in [0.15, 0.2) is 48.5 Å². The molecular formula is C21H24FN3O4S. The van der Waals surface area contributed by atoms with Crippen molar-refractivity contribution in [2.75, 3.05) is 24.2 Å². The molecular weight excluding hydrogens is 409 g/mol. The van der Waals surface area contributed by atoms with Gasteiger partial charge in [-0.3, -0.25) is 14.5 Å². The highest BCUT2D eigenvalue weighted by Crippen LogP contribution is 2.31. The molecule has 1 saturated heterocycles. The number of benzene rings is 2. The molecule has 0 bridgehead atoms. The van der Waals surface area contributed by atoms with Crippen molar-refractivity contribution in [2.45, 2.75) is 25.9 Å². The summed E-state index contributed by atoms with van der Waals surface area (Å²) in [6, 6.07) is 12.9. The van der Waals surface area contributed by atoms with Crippen molar-refractivity contribution in [3.63, 3.8) is 0 Å². The lowest BCUT2D eigenvalue weighted by Crippen LogP contribution is -2.70. The number of carbonyl (C=O) groups excluding carboxylic acids is 2. The summed E-state index contributed by atoms with van der Waals surface area (Å²) in [6.07, 6.45) is 0.989. The fourth-order valence-electron chi connectivity index (χ4n) is 3.50. The van der Waals surface area contributed by atoms with Crippen LogP contribution in [0.3, 0.4) is 0 Å². The quantitative estimate of drug-likeness (QED) is 0.779. The zero-order valence-corrected chi connectivity index (χ0v) is 17.9. The van der Waals surface area contributed by atoms with Gasteiger partial charge in [-0.1, -0.05) is 35.9 Å². The largest absolute Gasteiger partial charge is 0.350 e. The Bertz CT molecular complexity index is 1070. The summed E-state index contributed by atoms with van der Waals surface area (Å²) in [6.45, 7) is 2.98. The van der Waals surface area contributed by atoms with Crippen LogP contribution >= 0.6 is 0 Å². The molecule has 0 spiro atoms. The summed E-state index contributed by atoms with van der Waals surface area (Å²) in [4.78, 5) is 27.3. The molecule has 30 heavy (non-hydrogen) atoms. The molecule has 1 heterocycles. The van der Waals surface area contributed by atoms with Gasteiger partial charge >= 0.3 is 0 Å². The lowest BCUT2D eigenvalue weighted by atomic mass is 9.94. The number of rotatable bonds is 5. The summed E-state index contributed by atoms with van der Waals surface area (Å²) < 4.78 is 39.0. The molecule has 2 aromatic rings. The van der Waals surface area contributed by atoms with E-state index in [1.54, 1.807) is 0 Å². The van der Waals surface area contributed by atoms with Gasteiger partial charge in [-0.15, -0.1) is 0 Å². The van der Waals surface area contributed by atoms with Crippen LogP contribution in [0.1, 0.15) is 18.1 Å². The van der Waals surface area contributed by atoms with Crippen molar-refractivity contribution in [3.05, 3.63) is 65.5 Å². The first-order chi connectivity index (χ1) is 14.0. The Balaban J connectivity index is 1.95. The van der Waals surface area contributed by atoms with Gasteiger partial charge in [0.15, 0.2) is 0 Å². The fourth-order valence-corrected chi connectivity index (χ4v) is 4.33. The van der Waals surface area contributed by atoms with Crippen LogP contribution in [-0.4, -0.2) is 49.4 Å². The number of hydrogen-bond acceptors (Lipinski definition) is 4. The van der Waals surface area contributed by atoms with Gasteiger partial charge in [-0.05, 0) is 37.6 Å². The molecule has 1 aliphatic rings. The zero-order chi connectivity index (χ0) is 22.1. The van der Waals surface area contributed by atoms with E-state index < -0.39 is 39.7 Å². The molecule has 9 heteroatoms. The van der Waals surface area contributed by atoms with E-state index in [1.165, 1.54) is 30.0 Å². The third-order valence-corrected chi connectivity index (χ3v) is 6.33. The van der Waals surface area contributed by atoms with Crippen molar-refractivity contribution in [1.29, 1.82) is 0 Å². The monoisotopic (exact) mass is 433 g/mol. The Kier molecular flexibility index (Phi) is 5.96. The van der Waals surface area contributed by atoms with Gasteiger partial charge in [0.25, 0.3) is 0 Å². The van der Waals surface area contributed by atoms with Gasteiger partial charge < -0.3 is 5.32 Å². The summed E-state index contributed by atoms with van der Waals surface area (Å²) in [5.41, 5.74) is 0.575. The molecule has 0 unspecified atom stereocenters. The number of carbonyl (C=O) groups is 2. The SMILES string of the molecule is Cc1ccc(CNC(=O)[C@]2(C)CN(S(C)(=O)=O)CC(=O)N2c2cccc(F)c2)cc1. The minimum Gasteiger partial charge on any atom is -0.350 e. The Labute approximate surface area is 175 Å². The van der Waals surface area contributed by atoms with E-state index in [0.29, 0.717) is 0 Å². The molecule has 0 saturated carbocycles. The number of aryl methyl sites for hydroxylation is 1. The van der Waals surface area contributed by atoms with Crippen molar-refractivity contribution in [1.82, 2.24) is 9.62 Å². The number of sulfonamides is 1. The first-order valence-corrected chi connectivity index (χ1v) is 11.2. The van der Waals surface area contributed by atoms with Crippen molar-refractivity contribution >= 4 is 27.5 Å². The minimum absolute atomic E-state index is 0.195. The smallest absolute Gasteiger partial charge is 0.247 e. The maximum Gasteiger partial charge on any atom is 0.247 e. The molecule has 1 aliphatic heterocycles. The second kappa shape index (κ2) is 8.16. The number of hydrogen-bond donors (Lipinski definition) is 1. The predicted octanol–water partition coefficient (Wildman–Crippen LogP) is 1.82. The van der Waals surface area contributed by atoms with Crippen molar-refractivity contribution in [3.8, 4) is 0 Å². The summed E-state index contributed by atoms with van der Waals surface area (Å²) in [5.74, 6) is -1.70. The lowest BCUT2D eigenvalue weighted by molar-refractivity contribution is -0.133. The average molecular weight is 434 g/mol. The van der Waals surface area contributed by atoms with Crippen LogP contribution < -0.4 is 10.2 Å². The van der Waals surface area contributed by atoms with E-state index in [1.807, 2.05) is 31.2 Å². The highest BCUT2D eigenvalue weighted by Gasteiger charge is 2.50. The maximum absolute atomic E-state index is 13.8. The van der Waals surface area contributed by atoms with Crippen molar-refractivity contribution < 1.29 is 22.4 Å². The number of halogens is 1. The molecule has 3 rings (SSSR count). The maximum atomic E-state index is 13.8. The fraction of sp³-hybridized carbons (Fsp3) is 0.333. The van der Waals surface area contributed by atoms with E-state index in [9.17, 15) is 22.4 Å². The van der Waals surface area contributed by atoms with Crippen LogP contribution in [-0.2, 0) is 26.2 Å². The summed E-state index contributed by atoms with van der Waals surface area (Å²) in [5, 5.41) is 2.79. The number of nitrogens with one attached hydrogen (secondary N) is 1. The molecule has 160 valence electrons. The Morgan fingerprint density at radius 2 is 1.87 bits per heavy atom. The molecule has 0 aromatic heterocycles. The van der Waals surface area contributed by atoms with E-state index in [-0.39, 0.29) is 18.8 Å². The molecule has 2 aromatic carbocycles. The standard InChI is InChI=1S/C21H24FN3O4S/c1-15-7-9-16(10-8-15)12-23-20(27)21(2)14-24(30(3,28)29)13-19(26)25(21)18-6-4-5-17(22)11-18/h4-11H,12-14H2,1-3H3,(H,23,27)/t21-/m0/s1. The summed E-state index contributed by atoms with van der Waals surface area (Å²) in [7, 11) is -3.72. The van der Waals surface area contributed by atoms with Crippen LogP contribution in [0.5, 0.6) is 0 Å². The molecule has 0 radical (unpaired) electrons. The normalized spacial score (nSPS) is 20.3. The molecule has 2 amide bonds. The first kappa shape index (κ1) is 21.9. The first-order valence-electron chi connectivity index (χ1n) is 9.38. The third-order valence-electron chi connectivity index (χ3n) is 5.14. The Morgan fingerprint density at radius 1 is 1.20 bits per heavy atom. The van der Waals surface area contributed by atoms with E-state index in [0.717, 1.165) is 27.8 Å². The van der Waals surface area contributed by atoms with Crippen LogP contribution in [0, 0.1) is 12.7 Å². The zero-order valence-electron chi connectivity index (χ0n) is 17.1. The second-order valence-electron chi connectivity index (χ2n) is 7.68. The van der Waals surface area contributed by atoms with Gasteiger partial charge in [-0.25, -0.2) is 12.8 Å². The predicted molar refractivity (Wildman–Crippen MR) is 112 cm³/mol. The minimum atomic E-state index is -3.72. The lowest BCUT2D eigenvalue weighted by Gasteiger charge is -2.46. The van der Waals surface area contributed by atoms with Crippen molar-refractivity contribution in [2.24, 2.45) is 0 Å². The van der Waals surface area contributed by atoms with Crippen LogP contribution in [0.25, 0.3) is 0 Å². The van der Waals surface area contributed by atoms with Gasteiger partial charge in [0.05, 0.1) is 12.8 Å². The van der Waals surface area contributed by atoms with E-state index in [4.69, 9.17) is 0 Å². The molecule has 1 fully saturated rings. The Morgan fingerprint density at radius 3 is 2.47 bits per heavy atom. The molecule has 1 N–H and O–H groups in total. The van der Waals surface area contributed by atoms with Crippen LogP contribution in [0.4, 0.5) is 10.1 Å². The highest BCUT2D eigenvalue weighted by atomic mass is 32.2. The second-order valence-corrected chi connectivity index (χ2v) is 9.66. The van der Waals surface area contributed by atoms with E-state index in [2.05, 4.69) is 5.32 Å². The molecule has 0 aliphatic carbocycles. The topological polar surface area (TPSA) is 86.8 Å². The number of piperazine rings is 1. The number of anilines is 1. The van der Waals surface area contributed by atoms with E-state index >= 15 is 0 Å². The highest BCUT2D eigenvalue weighted by molar-refractivity contribution is 7.88. The van der Waals surface area contributed by atoms with Crippen LogP contribution in [0.2, 0.25) is 0 Å². The van der Waals surface area contributed by atoms with Gasteiger partial charge in [0.1, 0.15) is 11.4 Å².